The van der Waals surface area contributed by atoms with Gasteiger partial charge in [-0.25, -0.2) is 9.07 Å². The highest BCUT2D eigenvalue weighted by Gasteiger charge is 2.22. The summed E-state index contributed by atoms with van der Waals surface area (Å²) in [5, 5.41) is 13.6. The van der Waals surface area contributed by atoms with Gasteiger partial charge in [-0.2, -0.15) is 0 Å². The highest BCUT2D eigenvalue weighted by Crippen LogP contribution is 2.23. The molecule has 2 heterocycles. The smallest absolute Gasteiger partial charge is 0.277 e. The fraction of sp³-hybridized carbons (Fsp3) is 0.250. The minimum atomic E-state index is -0.478. The molecule has 2 aromatic rings. The van der Waals surface area contributed by atoms with Crippen molar-refractivity contribution < 1.29 is 9.18 Å². The summed E-state index contributed by atoms with van der Waals surface area (Å²) in [6, 6.07) is 3.98. The Bertz CT molecular complexity index is 655. The lowest BCUT2D eigenvalue weighted by molar-refractivity contribution is 0.102. The normalized spacial score (nSPS) is 14.9. The van der Waals surface area contributed by atoms with E-state index in [0.29, 0.717) is 0 Å². The zero-order valence-electron chi connectivity index (χ0n) is 10.3. The molecule has 1 amide bonds. The second kappa shape index (κ2) is 5.18. The van der Waals surface area contributed by atoms with Gasteiger partial charge in [-0.1, -0.05) is 16.8 Å². The molecule has 104 valence electrons. The predicted octanol–water partition coefficient (Wildman–Crippen LogP) is 1.47. The highest BCUT2D eigenvalue weighted by atomic mass is 35.5. The summed E-state index contributed by atoms with van der Waals surface area (Å²) in [4.78, 5) is 12.0. The number of rotatable bonds is 3. The van der Waals surface area contributed by atoms with E-state index in [-0.39, 0.29) is 22.4 Å². The van der Waals surface area contributed by atoms with Crippen LogP contribution >= 0.6 is 11.6 Å². The third-order valence-corrected chi connectivity index (χ3v) is 3.38. The van der Waals surface area contributed by atoms with Gasteiger partial charge in [0.15, 0.2) is 5.69 Å². The molecule has 3 rings (SSSR count). The van der Waals surface area contributed by atoms with Crippen LogP contribution in [0.25, 0.3) is 0 Å². The first-order chi connectivity index (χ1) is 9.63. The van der Waals surface area contributed by atoms with E-state index >= 15 is 0 Å². The summed E-state index contributed by atoms with van der Waals surface area (Å²) in [6.45, 7) is 1.61. The molecule has 20 heavy (non-hydrogen) atoms. The number of hydrogen-bond donors (Lipinski definition) is 2. The average molecular weight is 296 g/mol. The molecule has 1 fully saturated rings. The summed E-state index contributed by atoms with van der Waals surface area (Å²) >= 11 is 5.88. The maximum atomic E-state index is 13.1. The van der Waals surface area contributed by atoms with Gasteiger partial charge >= 0.3 is 0 Å². The molecule has 2 N–H and O–H groups in total. The first kappa shape index (κ1) is 13.0. The monoisotopic (exact) mass is 295 g/mol. The summed E-state index contributed by atoms with van der Waals surface area (Å²) in [7, 11) is 0. The lowest BCUT2D eigenvalue weighted by Gasteiger charge is -2.26. The van der Waals surface area contributed by atoms with Gasteiger partial charge in [0.2, 0.25) is 0 Å². The zero-order valence-corrected chi connectivity index (χ0v) is 11.1. The molecule has 1 aliphatic rings. The lowest BCUT2D eigenvalue weighted by Crippen LogP contribution is -2.43. The molecule has 0 saturated carbocycles. The Morgan fingerprint density at radius 1 is 1.50 bits per heavy atom. The van der Waals surface area contributed by atoms with Gasteiger partial charge in [-0.15, -0.1) is 5.10 Å². The van der Waals surface area contributed by atoms with Crippen molar-refractivity contribution in [2.24, 2.45) is 0 Å². The van der Waals surface area contributed by atoms with Gasteiger partial charge in [-0.05, 0) is 18.2 Å². The number of hydrogen-bond acceptors (Lipinski definition) is 4. The van der Waals surface area contributed by atoms with Gasteiger partial charge in [0.25, 0.3) is 5.91 Å². The minimum absolute atomic E-state index is 0.164. The molecule has 8 heteroatoms. The molecule has 1 aliphatic heterocycles. The van der Waals surface area contributed by atoms with Crippen molar-refractivity contribution in [3.63, 3.8) is 0 Å². The molecule has 0 radical (unpaired) electrons. The SMILES string of the molecule is O=C(Nc1cc(F)ccc1Cl)c1cn(C2CNC2)nn1. The van der Waals surface area contributed by atoms with Crippen molar-refractivity contribution in [3.8, 4) is 0 Å². The minimum Gasteiger partial charge on any atom is -0.319 e. The zero-order chi connectivity index (χ0) is 14.1. The molecule has 0 unspecified atom stereocenters. The first-order valence-electron chi connectivity index (χ1n) is 6.02. The third kappa shape index (κ3) is 2.50. The fourth-order valence-electron chi connectivity index (χ4n) is 1.80. The number of aromatic nitrogens is 3. The van der Waals surface area contributed by atoms with Gasteiger partial charge in [0.1, 0.15) is 5.82 Å². The number of nitrogens with one attached hydrogen (secondary N) is 2. The highest BCUT2D eigenvalue weighted by molar-refractivity contribution is 6.33. The van der Waals surface area contributed by atoms with E-state index in [0.717, 1.165) is 19.2 Å². The van der Waals surface area contributed by atoms with E-state index in [4.69, 9.17) is 11.6 Å². The number of anilines is 1. The molecule has 1 aromatic carbocycles. The molecule has 0 bridgehead atoms. The predicted molar refractivity (Wildman–Crippen MR) is 71.3 cm³/mol. The van der Waals surface area contributed by atoms with Gasteiger partial charge < -0.3 is 10.6 Å². The third-order valence-electron chi connectivity index (χ3n) is 3.05. The molecular weight excluding hydrogens is 285 g/mol. The quantitative estimate of drug-likeness (QED) is 0.899. The average Bonchev–Trinajstić information content (AvgIpc) is 2.81. The number of carbonyl (C=O) groups excluding carboxylic acids is 1. The number of benzene rings is 1. The maximum absolute atomic E-state index is 13.1. The van der Waals surface area contributed by atoms with Gasteiger partial charge in [0, 0.05) is 13.1 Å². The number of carbonyl (C=O) groups is 1. The topological polar surface area (TPSA) is 71.8 Å². The van der Waals surface area contributed by atoms with Crippen LogP contribution in [-0.2, 0) is 0 Å². The van der Waals surface area contributed by atoms with Crippen LogP contribution in [0.4, 0.5) is 10.1 Å². The Labute approximate surface area is 118 Å². The maximum Gasteiger partial charge on any atom is 0.277 e. The molecule has 0 atom stereocenters. The van der Waals surface area contributed by atoms with Crippen LogP contribution in [0, 0.1) is 5.82 Å². The summed E-state index contributed by atoms with van der Waals surface area (Å²) in [6.07, 6.45) is 1.56. The van der Waals surface area contributed by atoms with E-state index in [2.05, 4.69) is 20.9 Å². The largest absolute Gasteiger partial charge is 0.319 e. The van der Waals surface area contributed by atoms with Crippen LogP contribution in [0.3, 0.4) is 0 Å². The Morgan fingerprint density at radius 3 is 3.00 bits per heavy atom. The first-order valence-corrected chi connectivity index (χ1v) is 6.40. The van der Waals surface area contributed by atoms with Gasteiger partial charge in [-0.3, -0.25) is 4.79 Å². The Morgan fingerprint density at radius 2 is 2.30 bits per heavy atom. The Hall–Kier alpha value is -1.99. The van der Waals surface area contributed by atoms with E-state index in [9.17, 15) is 9.18 Å². The molecule has 0 aliphatic carbocycles. The Balaban J connectivity index is 1.75. The molecule has 1 aromatic heterocycles. The standard InChI is InChI=1S/C12H11ClFN5O/c13-9-2-1-7(14)3-10(9)16-12(20)11-6-19(18-17-11)8-4-15-5-8/h1-3,6,8,15H,4-5H2,(H,16,20). The van der Waals surface area contributed by atoms with Crippen molar-refractivity contribution in [2.75, 3.05) is 18.4 Å². The van der Waals surface area contributed by atoms with Crippen LogP contribution < -0.4 is 10.6 Å². The molecule has 6 nitrogen and oxygen atoms in total. The molecular formula is C12H11ClFN5O. The summed E-state index contributed by atoms with van der Waals surface area (Å²) in [5.41, 5.74) is 0.369. The fourth-order valence-corrected chi connectivity index (χ4v) is 1.96. The number of halogens is 2. The molecule has 0 spiro atoms. The second-order valence-corrected chi connectivity index (χ2v) is 4.88. The van der Waals surface area contributed by atoms with Crippen LogP contribution in [0.5, 0.6) is 0 Å². The van der Waals surface area contributed by atoms with Crippen LogP contribution in [0.15, 0.2) is 24.4 Å². The van der Waals surface area contributed by atoms with E-state index in [1.54, 1.807) is 10.9 Å². The number of nitrogens with zero attached hydrogens (tertiary/aromatic N) is 3. The van der Waals surface area contributed by atoms with Crippen molar-refractivity contribution in [1.29, 1.82) is 0 Å². The summed E-state index contributed by atoms with van der Waals surface area (Å²) < 4.78 is 14.8. The molecule has 1 saturated heterocycles. The second-order valence-electron chi connectivity index (χ2n) is 4.47. The van der Waals surface area contributed by atoms with Crippen LogP contribution in [0.2, 0.25) is 5.02 Å². The summed E-state index contributed by atoms with van der Waals surface area (Å²) in [5.74, 6) is -0.954. The van der Waals surface area contributed by atoms with Gasteiger partial charge in [0.05, 0.1) is 22.9 Å². The van der Waals surface area contributed by atoms with Crippen molar-refractivity contribution in [2.45, 2.75) is 6.04 Å². The van der Waals surface area contributed by atoms with Crippen molar-refractivity contribution >= 4 is 23.2 Å². The lowest BCUT2D eigenvalue weighted by atomic mass is 10.2. The Kier molecular flexibility index (Phi) is 3.37. The number of amides is 1. The van der Waals surface area contributed by atoms with Crippen LogP contribution in [0.1, 0.15) is 16.5 Å². The van der Waals surface area contributed by atoms with E-state index in [1.807, 2.05) is 0 Å². The van der Waals surface area contributed by atoms with Crippen molar-refractivity contribution in [1.82, 2.24) is 20.3 Å². The van der Waals surface area contributed by atoms with E-state index in [1.165, 1.54) is 12.1 Å². The van der Waals surface area contributed by atoms with E-state index < -0.39 is 11.7 Å². The van der Waals surface area contributed by atoms with Crippen molar-refractivity contribution in [3.05, 3.63) is 40.9 Å². The van der Waals surface area contributed by atoms with Crippen LogP contribution in [-0.4, -0.2) is 34.0 Å².